The van der Waals surface area contributed by atoms with Crippen LogP contribution in [0.25, 0.3) is 0 Å². The molecule has 0 aliphatic heterocycles. The Kier molecular flexibility index (Phi) is 8.53. The molecular weight excluding hydrogens is 440 g/mol. The Labute approximate surface area is 192 Å². The van der Waals surface area contributed by atoms with E-state index in [1.165, 1.54) is 17.7 Å². The average molecular weight is 469 g/mol. The molecule has 2 N–H and O–H groups in total. The third kappa shape index (κ3) is 5.74. The van der Waals surface area contributed by atoms with E-state index in [0.29, 0.717) is 28.9 Å². The zero-order valence-electron chi connectivity index (χ0n) is 17.6. The van der Waals surface area contributed by atoms with Gasteiger partial charge in [0.05, 0.1) is 29.1 Å². The van der Waals surface area contributed by atoms with Gasteiger partial charge in [0.1, 0.15) is 5.00 Å². The second-order valence-electron chi connectivity index (χ2n) is 7.38. The van der Waals surface area contributed by atoms with Crippen LogP contribution < -0.4 is 10.6 Å². The molecule has 0 bridgehead atoms. The number of carbonyl (C=O) groups is 1. The molecular formula is C21H29ClN4O2S2. The lowest BCUT2D eigenvalue weighted by Crippen LogP contribution is -2.30. The smallest absolute Gasteiger partial charge is 0.341 e. The van der Waals surface area contributed by atoms with Crippen molar-refractivity contribution in [2.24, 2.45) is 0 Å². The van der Waals surface area contributed by atoms with Gasteiger partial charge >= 0.3 is 5.97 Å². The highest BCUT2D eigenvalue weighted by Crippen LogP contribution is 2.37. The fraction of sp³-hybridized carbons (Fsp3) is 0.571. The van der Waals surface area contributed by atoms with Crippen molar-refractivity contribution in [3.05, 3.63) is 32.9 Å². The molecule has 30 heavy (non-hydrogen) atoms. The van der Waals surface area contributed by atoms with Crippen LogP contribution in [-0.4, -0.2) is 34.0 Å². The molecule has 0 radical (unpaired) electrons. The minimum atomic E-state index is -0.257. The highest BCUT2D eigenvalue weighted by atomic mass is 35.5. The number of carbonyl (C=O) groups excluding carboxylic acids is 1. The van der Waals surface area contributed by atoms with Crippen LogP contribution in [0.15, 0.2) is 6.20 Å². The number of nitrogens with zero attached hydrogens (tertiary/aromatic N) is 2. The van der Waals surface area contributed by atoms with Crippen LogP contribution in [-0.2, 0) is 24.1 Å². The van der Waals surface area contributed by atoms with E-state index < -0.39 is 0 Å². The number of anilines is 1. The maximum Gasteiger partial charge on any atom is 0.341 e. The zero-order valence-corrected chi connectivity index (χ0v) is 19.9. The number of fused-ring (bicyclic) bond motifs is 1. The minimum absolute atomic E-state index is 0.257. The summed E-state index contributed by atoms with van der Waals surface area (Å²) in [5.74, 6) is -0.257. The number of esters is 1. The molecule has 1 aliphatic carbocycles. The number of hydrogen-bond acceptors (Lipinski definition) is 5. The number of halogens is 1. The monoisotopic (exact) mass is 468 g/mol. The summed E-state index contributed by atoms with van der Waals surface area (Å²) in [7, 11) is 0. The first-order valence-electron chi connectivity index (χ1n) is 10.6. The zero-order chi connectivity index (χ0) is 21.5. The van der Waals surface area contributed by atoms with Crippen LogP contribution in [0.2, 0.25) is 5.02 Å². The SMILES string of the molecule is CCOC(=O)c1c(NC(=S)NCCCn2ncc(Cl)c2C)sc2c1CCCCCC2. The van der Waals surface area contributed by atoms with E-state index in [0.717, 1.165) is 54.9 Å². The van der Waals surface area contributed by atoms with E-state index in [2.05, 4.69) is 15.7 Å². The van der Waals surface area contributed by atoms with Crippen LogP contribution in [0.1, 0.15) is 65.5 Å². The molecule has 2 aromatic heterocycles. The summed E-state index contributed by atoms with van der Waals surface area (Å²) in [6.45, 7) is 5.61. The van der Waals surface area contributed by atoms with Crippen molar-refractivity contribution in [1.82, 2.24) is 15.1 Å². The molecule has 9 heteroatoms. The number of nitrogens with one attached hydrogen (secondary N) is 2. The Morgan fingerprint density at radius 1 is 1.33 bits per heavy atom. The first kappa shape index (κ1) is 23.0. The molecule has 6 nitrogen and oxygen atoms in total. The first-order chi connectivity index (χ1) is 14.5. The van der Waals surface area contributed by atoms with Crippen molar-refractivity contribution >= 4 is 51.2 Å². The highest BCUT2D eigenvalue weighted by Gasteiger charge is 2.25. The average Bonchev–Trinajstić information content (AvgIpc) is 3.19. The number of aryl methyl sites for hydroxylation is 2. The fourth-order valence-electron chi connectivity index (χ4n) is 3.65. The van der Waals surface area contributed by atoms with Gasteiger partial charge in [0.25, 0.3) is 0 Å². The molecule has 0 spiro atoms. The van der Waals surface area contributed by atoms with Gasteiger partial charge in [-0.25, -0.2) is 4.79 Å². The Morgan fingerprint density at radius 2 is 2.10 bits per heavy atom. The molecule has 0 saturated heterocycles. The largest absolute Gasteiger partial charge is 0.462 e. The van der Waals surface area contributed by atoms with E-state index in [9.17, 15) is 4.79 Å². The topological polar surface area (TPSA) is 68.2 Å². The number of rotatable bonds is 7. The summed E-state index contributed by atoms with van der Waals surface area (Å²) in [6.07, 6.45) is 9.18. The van der Waals surface area contributed by atoms with Gasteiger partial charge in [-0.05, 0) is 63.7 Å². The number of thiocarbonyl (C=S) groups is 1. The molecule has 164 valence electrons. The second-order valence-corrected chi connectivity index (χ2v) is 9.30. The van der Waals surface area contributed by atoms with E-state index in [1.807, 2.05) is 18.5 Å². The van der Waals surface area contributed by atoms with Crippen LogP contribution in [0.5, 0.6) is 0 Å². The highest BCUT2D eigenvalue weighted by molar-refractivity contribution is 7.80. The Hall–Kier alpha value is -1.64. The van der Waals surface area contributed by atoms with Gasteiger partial charge in [-0.1, -0.05) is 24.4 Å². The van der Waals surface area contributed by atoms with Gasteiger partial charge in [0, 0.05) is 18.0 Å². The second kappa shape index (κ2) is 11.1. The predicted octanol–water partition coefficient (Wildman–Crippen LogP) is 5.12. The Bertz CT molecular complexity index is 894. The van der Waals surface area contributed by atoms with Crippen molar-refractivity contribution in [3.8, 4) is 0 Å². The van der Waals surface area contributed by atoms with E-state index >= 15 is 0 Å². The van der Waals surface area contributed by atoms with Crippen LogP contribution >= 0.6 is 35.2 Å². The van der Waals surface area contributed by atoms with Gasteiger partial charge < -0.3 is 15.4 Å². The summed E-state index contributed by atoms with van der Waals surface area (Å²) in [5.41, 5.74) is 2.78. The standard InChI is InChI=1S/C21H29ClN4O2S2/c1-3-28-20(27)18-15-9-6-4-5-7-10-17(15)30-19(18)25-21(29)23-11-8-12-26-14(2)16(22)13-24-26/h13H,3-12H2,1-2H3,(H2,23,25,29). The molecule has 0 fully saturated rings. The molecule has 2 aromatic rings. The molecule has 2 heterocycles. The summed E-state index contributed by atoms with van der Waals surface area (Å²) in [4.78, 5) is 14.0. The molecule has 0 aromatic carbocycles. The van der Waals surface area contributed by atoms with Crippen molar-refractivity contribution in [1.29, 1.82) is 0 Å². The normalized spacial score (nSPS) is 13.8. The number of hydrogen-bond donors (Lipinski definition) is 2. The molecule has 0 amide bonds. The van der Waals surface area contributed by atoms with E-state index in [1.54, 1.807) is 17.5 Å². The molecule has 0 atom stereocenters. The Balaban J connectivity index is 1.62. The third-order valence-electron chi connectivity index (χ3n) is 5.25. The van der Waals surface area contributed by atoms with Crippen molar-refractivity contribution in [3.63, 3.8) is 0 Å². The van der Waals surface area contributed by atoms with Gasteiger partial charge in [-0.2, -0.15) is 5.10 Å². The lowest BCUT2D eigenvalue weighted by molar-refractivity contribution is 0.0526. The maximum atomic E-state index is 12.7. The third-order valence-corrected chi connectivity index (χ3v) is 7.08. The summed E-state index contributed by atoms with van der Waals surface area (Å²) >= 11 is 13.2. The summed E-state index contributed by atoms with van der Waals surface area (Å²) in [5, 5.41) is 12.7. The molecule has 0 saturated carbocycles. The number of thiophene rings is 1. The molecule has 1 aliphatic rings. The van der Waals surface area contributed by atoms with Crippen LogP contribution in [0, 0.1) is 6.92 Å². The first-order valence-corrected chi connectivity index (χ1v) is 12.2. The van der Waals surface area contributed by atoms with Crippen molar-refractivity contribution in [2.45, 2.75) is 65.3 Å². The predicted molar refractivity (Wildman–Crippen MR) is 127 cm³/mol. The van der Waals surface area contributed by atoms with Crippen LogP contribution in [0.4, 0.5) is 5.00 Å². The van der Waals surface area contributed by atoms with Gasteiger partial charge in [0.2, 0.25) is 0 Å². The van der Waals surface area contributed by atoms with Crippen molar-refractivity contribution < 1.29 is 9.53 Å². The number of ether oxygens (including phenoxy) is 1. The molecule has 0 unspecified atom stereocenters. The van der Waals surface area contributed by atoms with Crippen molar-refractivity contribution in [2.75, 3.05) is 18.5 Å². The lowest BCUT2D eigenvalue weighted by Gasteiger charge is -2.13. The molecule has 3 rings (SSSR count). The van der Waals surface area contributed by atoms with Gasteiger partial charge in [0.15, 0.2) is 5.11 Å². The van der Waals surface area contributed by atoms with Crippen LogP contribution in [0.3, 0.4) is 0 Å². The maximum absolute atomic E-state index is 12.7. The summed E-state index contributed by atoms with van der Waals surface area (Å²) in [6, 6.07) is 0. The van der Waals surface area contributed by atoms with E-state index in [4.69, 9.17) is 28.6 Å². The van der Waals surface area contributed by atoms with E-state index in [-0.39, 0.29) is 5.97 Å². The van der Waals surface area contributed by atoms with Gasteiger partial charge in [-0.3, -0.25) is 4.68 Å². The van der Waals surface area contributed by atoms with Gasteiger partial charge in [-0.15, -0.1) is 11.3 Å². The Morgan fingerprint density at radius 3 is 2.80 bits per heavy atom. The fourth-order valence-corrected chi connectivity index (χ4v) is 5.35. The lowest BCUT2D eigenvalue weighted by atomic mass is 9.96. The summed E-state index contributed by atoms with van der Waals surface area (Å²) < 4.78 is 7.24. The number of aromatic nitrogens is 2. The minimum Gasteiger partial charge on any atom is -0.462 e. The quantitative estimate of drug-likeness (QED) is 0.334.